The van der Waals surface area contributed by atoms with Gasteiger partial charge in [-0.1, -0.05) is 11.8 Å². The van der Waals surface area contributed by atoms with Crippen LogP contribution in [0.1, 0.15) is 11.1 Å². The maximum absolute atomic E-state index is 12.7. The molecule has 0 bridgehead atoms. The van der Waals surface area contributed by atoms with Crippen molar-refractivity contribution in [3.05, 3.63) is 45.5 Å². The molecule has 5 rings (SSSR count). The number of carbonyl (C=O) groups excluding carboxylic acids is 1. The summed E-state index contributed by atoms with van der Waals surface area (Å²) in [4.78, 5) is 25.2. The van der Waals surface area contributed by atoms with Crippen LogP contribution in [0.3, 0.4) is 0 Å². The van der Waals surface area contributed by atoms with Crippen LogP contribution in [0.2, 0.25) is 0 Å². The molecule has 3 aliphatic heterocycles. The maximum atomic E-state index is 12.7. The minimum Gasteiger partial charge on any atom is -0.493 e. The average molecular weight is 451 g/mol. The van der Waals surface area contributed by atoms with Gasteiger partial charge in [-0.05, 0) is 23.8 Å². The van der Waals surface area contributed by atoms with E-state index in [1.54, 1.807) is 23.1 Å². The van der Waals surface area contributed by atoms with Crippen LogP contribution in [0.4, 0.5) is 5.69 Å². The Morgan fingerprint density at radius 3 is 2.53 bits per heavy atom. The molecule has 0 radical (unpaired) electrons. The summed E-state index contributed by atoms with van der Waals surface area (Å²) in [6.07, 6.45) is 0. The maximum Gasteiger partial charge on any atom is 0.279 e. The third kappa shape index (κ3) is 2.40. The van der Waals surface area contributed by atoms with Crippen LogP contribution in [0, 0.1) is 10.1 Å². The average Bonchev–Trinajstić information content (AvgIpc) is 3.23. The van der Waals surface area contributed by atoms with Crippen molar-refractivity contribution in [2.45, 2.75) is 21.7 Å². The fourth-order valence-corrected chi connectivity index (χ4v) is 5.99. The number of halogens is 1. The SMILES string of the molecule is COc1cc2c(cc1OC)S[C@@]1(c3cc4c(cc3[N+](=O)[O-])OCO4)[C@H](Cl)C(=O)N1C2. The lowest BCUT2D eigenvalue weighted by Gasteiger charge is -2.57. The van der Waals surface area contributed by atoms with Crippen molar-refractivity contribution in [2.24, 2.45) is 0 Å². The molecule has 2 atom stereocenters. The van der Waals surface area contributed by atoms with Gasteiger partial charge >= 0.3 is 0 Å². The second kappa shape index (κ2) is 6.58. The highest BCUT2D eigenvalue weighted by molar-refractivity contribution is 8.00. The third-order valence-electron chi connectivity index (χ3n) is 5.46. The monoisotopic (exact) mass is 450 g/mol. The van der Waals surface area contributed by atoms with E-state index in [4.69, 9.17) is 30.5 Å². The number of nitro benzene ring substituents is 1. The zero-order valence-corrected chi connectivity index (χ0v) is 17.4. The largest absolute Gasteiger partial charge is 0.493 e. The van der Waals surface area contributed by atoms with E-state index in [2.05, 4.69) is 0 Å². The minimum absolute atomic E-state index is 0.0249. The van der Waals surface area contributed by atoms with Crippen LogP contribution in [-0.2, 0) is 16.2 Å². The summed E-state index contributed by atoms with van der Waals surface area (Å²) < 4.78 is 21.5. The number of hydrogen-bond donors (Lipinski definition) is 0. The van der Waals surface area contributed by atoms with E-state index in [-0.39, 0.29) is 30.7 Å². The predicted octanol–water partition coefficient (Wildman–Crippen LogP) is 3.25. The van der Waals surface area contributed by atoms with E-state index in [0.29, 0.717) is 22.8 Å². The molecule has 3 heterocycles. The van der Waals surface area contributed by atoms with Gasteiger partial charge in [0.15, 0.2) is 27.9 Å². The molecule has 2 aromatic carbocycles. The zero-order valence-electron chi connectivity index (χ0n) is 15.8. The van der Waals surface area contributed by atoms with Gasteiger partial charge in [-0.3, -0.25) is 14.9 Å². The molecule has 0 spiro atoms. The Balaban J connectivity index is 1.70. The molecule has 9 nitrogen and oxygen atoms in total. The highest BCUT2D eigenvalue weighted by Crippen LogP contribution is 2.63. The fourth-order valence-electron chi connectivity index (χ4n) is 4.01. The number of nitrogens with zero attached hydrogens (tertiary/aromatic N) is 2. The molecular formula is C19H15ClN2O7S. The first-order valence-electron chi connectivity index (χ1n) is 8.88. The second-order valence-electron chi connectivity index (χ2n) is 6.88. The first-order chi connectivity index (χ1) is 14.4. The van der Waals surface area contributed by atoms with Gasteiger partial charge in [-0.25, -0.2) is 0 Å². The summed E-state index contributed by atoms with van der Waals surface area (Å²) in [7, 11) is 3.06. The molecule has 3 aliphatic rings. The topological polar surface area (TPSA) is 100 Å². The fraction of sp³-hybridized carbons (Fsp3) is 0.316. The van der Waals surface area contributed by atoms with E-state index >= 15 is 0 Å². The first-order valence-corrected chi connectivity index (χ1v) is 10.1. The van der Waals surface area contributed by atoms with Crippen LogP contribution in [0.25, 0.3) is 0 Å². The standard InChI is InChI=1S/C19H15ClN2O7S/c1-26-12-3-9-7-21-18(23)17(20)19(21,30-16(9)6-13(12)27-2)10-4-14-15(29-8-28-14)5-11(10)22(24)25/h3-6,17H,7-8H2,1-2H3/t17-,19+/m1/s1. The van der Waals surface area contributed by atoms with E-state index in [1.165, 1.54) is 32.0 Å². The number of thioether (sulfide) groups is 1. The van der Waals surface area contributed by atoms with Crippen LogP contribution in [0.5, 0.6) is 23.0 Å². The van der Waals surface area contributed by atoms with Gasteiger partial charge in [0.2, 0.25) is 12.7 Å². The lowest BCUT2D eigenvalue weighted by molar-refractivity contribution is -0.386. The van der Waals surface area contributed by atoms with Crippen molar-refractivity contribution in [3.8, 4) is 23.0 Å². The van der Waals surface area contributed by atoms with Gasteiger partial charge in [0.25, 0.3) is 5.69 Å². The van der Waals surface area contributed by atoms with Gasteiger partial charge in [0, 0.05) is 11.4 Å². The number of rotatable bonds is 4. The summed E-state index contributed by atoms with van der Waals surface area (Å²) >= 11 is 7.81. The van der Waals surface area contributed by atoms with Crippen molar-refractivity contribution in [2.75, 3.05) is 21.0 Å². The number of fused-ring (bicyclic) bond motifs is 3. The Morgan fingerprint density at radius 2 is 1.87 bits per heavy atom. The molecule has 0 aliphatic carbocycles. The van der Waals surface area contributed by atoms with E-state index in [0.717, 1.165) is 10.5 Å². The van der Waals surface area contributed by atoms with Crippen molar-refractivity contribution in [3.63, 3.8) is 0 Å². The van der Waals surface area contributed by atoms with Crippen molar-refractivity contribution in [1.82, 2.24) is 4.90 Å². The Kier molecular flexibility index (Phi) is 4.19. The van der Waals surface area contributed by atoms with Crippen molar-refractivity contribution < 1.29 is 28.7 Å². The molecule has 1 amide bonds. The van der Waals surface area contributed by atoms with Crippen molar-refractivity contribution >= 4 is 35.0 Å². The van der Waals surface area contributed by atoms with Crippen LogP contribution in [0.15, 0.2) is 29.2 Å². The summed E-state index contributed by atoms with van der Waals surface area (Å²) in [6, 6.07) is 6.47. The Bertz CT molecular complexity index is 1110. The molecule has 156 valence electrons. The Morgan fingerprint density at radius 1 is 1.20 bits per heavy atom. The number of nitro groups is 1. The zero-order chi connectivity index (χ0) is 21.2. The van der Waals surface area contributed by atoms with E-state index in [9.17, 15) is 14.9 Å². The second-order valence-corrected chi connectivity index (χ2v) is 8.58. The van der Waals surface area contributed by atoms with Crippen LogP contribution >= 0.6 is 23.4 Å². The summed E-state index contributed by atoms with van der Waals surface area (Å²) in [6.45, 7) is 0.208. The smallest absolute Gasteiger partial charge is 0.279 e. The van der Waals surface area contributed by atoms with Gasteiger partial charge in [-0.15, -0.1) is 11.6 Å². The molecule has 11 heteroatoms. The number of hydrogen-bond acceptors (Lipinski definition) is 8. The van der Waals surface area contributed by atoms with E-state index < -0.39 is 15.2 Å². The molecule has 0 N–H and O–H groups in total. The highest BCUT2D eigenvalue weighted by Gasteiger charge is 2.65. The number of ether oxygens (including phenoxy) is 4. The van der Waals surface area contributed by atoms with Gasteiger partial charge in [-0.2, -0.15) is 0 Å². The van der Waals surface area contributed by atoms with E-state index in [1.807, 2.05) is 0 Å². The lowest BCUT2D eigenvalue weighted by atomic mass is 9.89. The molecule has 1 fully saturated rings. The normalized spacial score (nSPS) is 23.4. The van der Waals surface area contributed by atoms with Gasteiger partial charge in [0.05, 0.1) is 30.8 Å². The number of carbonyl (C=O) groups is 1. The van der Waals surface area contributed by atoms with Crippen LogP contribution in [-0.4, -0.2) is 42.1 Å². The first kappa shape index (κ1) is 19.1. The Hall–Kier alpha value is -2.85. The summed E-state index contributed by atoms with van der Waals surface area (Å²) in [5, 5.41) is 10.9. The third-order valence-corrected chi connectivity index (χ3v) is 7.68. The minimum atomic E-state index is -1.16. The highest BCUT2D eigenvalue weighted by atomic mass is 35.5. The van der Waals surface area contributed by atoms with Crippen molar-refractivity contribution in [1.29, 1.82) is 0 Å². The molecule has 0 aromatic heterocycles. The molecule has 30 heavy (non-hydrogen) atoms. The predicted molar refractivity (Wildman–Crippen MR) is 106 cm³/mol. The number of benzene rings is 2. The number of amides is 1. The Labute approximate surface area is 179 Å². The summed E-state index contributed by atoms with van der Waals surface area (Å²) in [5.74, 6) is 1.43. The molecule has 0 unspecified atom stereocenters. The molecular weight excluding hydrogens is 436 g/mol. The number of β-lactam (4-membered cyclic amide) rings is 1. The molecule has 0 saturated carbocycles. The molecule has 1 saturated heterocycles. The number of alkyl halides is 1. The number of methoxy groups -OCH3 is 2. The molecule has 2 aromatic rings. The quantitative estimate of drug-likeness (QED) is 0.303. The van der Waals surface area contributed by atoms with Gasteiger partial charge < -0.3 is 23.8 Å². The van der Waals surface area contributed by atoms with Gasteiger partial charge in [0.1, 0.15) is 5.38 Å². The van der Waals surface area contributed by atoms with Crippen LogP contribution < -0.4 is 18.9 Å². The summed E-state index contributed by atoms with van der Waals surface area (Å²) in [5.41, 5.74) is 0.953. The lowest BCUT2D eigenvalue weighted by Crippen LogP contribution is -2.68.